The molecule has 10 nitrogen and oxygen atoms in total. The van der Waals surface area contributed by atoms with Gasteiger partial charge in [0.05, 0.1) is 12.2 Å². The van der Waals surface area contributed by atoms with Crippen molar-refractivity contribution in [1.82, 2.24) is 4.98 Å². The summed E-state index contributed by atoms with van der Waals surface area (Å²) in [6, 6.07) is 5.37. The van der Waals surface area contributed by atoms with Crippen LogP contribution in [0.5, 0.6) is 5.75 Å². The minimum atomic E-state index is -2.40. The van der Waals surface area contributed by atoms with Gasteiger partial charge >= 0.3 is 17.6 Å². The van der Waals surface area contributed by atoms with Crippen LogP contribution in [0.3, 0.4) is 0 Å². The van der Waals surface area contributed by atoms with Crippen LogP contribution in [0.1, 0.15) is 73.0 Å². The number of hydrogen-bond donors (Lipinski definition) is 0. The SMILES string of the molecule is CC(=O)OC[C@](C)(OC(C)=O)[C@H]1CC(O[Si](C)(C)C(C)(C)C)[C@]2(C)Oc3cc(-c4cccnc4)oc(=O)c3C(O[Si](C)(C)C)[C@H]2C1. The monoisotopic (exact) mass is 673 g/mol. The minimum Gasteiger partial charge on any atom is -0.484 e. The van der Waals surface area contributed by atoms with Crippen molar-refractivity contribution in [2.75, 3.05) is 6.61 Å². The molecule has 46 heavy (non-hydrogen) atoms. The quantitative estimate of drug-likeness (QED) is 0.202. The number of esters is 2. The van der Waals surface area contributed by atoms with Crippen molar-refractivity contribution >= 4 is 28.6 Å². The number of pyridine rings is 1. The number of aromatic nitrogens is 1. The summed E-state index contributed by atoms with van der Waals surface area (Å²) >= 11 is 0. The van der Waals surface area contributed by atoms with Gasteiger partial charge in [0.1, 0.15) is 34.9 Å². The highest BCUT2D eigenvalue weighted by atomic mass is 28.4. The van der Waals surface area contributed by atoms with Crippen molar-refractivity contribution in [2.24, 2.45) is 11.8 Å². The Morgan fingerprint density at radius 2 is 1.72 bits per heavy atom. The zero-order chi connectivity index (χ0) is 34.5. The largest absolute Gasteiger partial charge is 0.484 e. The molecule has 0 saturated heterocycles. The highest BCUT2D eigenvalue weighted by Gasteiger charge is 2.62. The van der Waals surface area contributed by atoms with E-state index in [1.54, 1.807) is 31.5 Å². The summed E-state index contributed by atoms with van der Waals surface area (Å²) in [6.07, 6.45) is 3.07. The lowest BCUT2D eigenvalue weighted by Gasteiger charge is -2.58. The van der Waals surface area contributed by atoms with E-state index in [0.717, 1.165) is 0 Å². The Balaban J connectivity index is 1.94. The van der Waals surface area contributed by atoms with Gasteiger partial charge in [0.15, 0.2) is 16.6 Å². The van der Waals surface area contributed by atoms with Gasteiger partial charge in [-0.3, -0.25) is 14.6 Å². The van der Waals surface area contributed by atoms with E-state index in [1.165, 1.54) is 13.8 Å². The number of hydrogen-bond acceptors (Lipinski definition) is 10. The molecule has 3 heterocycles. The Morgan fingerprint density at radius 1 is 1.04 bits per heavy atom. The molecular weight excluding hydrogens is 623 g/mol. The van der Waals surface area contributed by atoms with Gasteiger partial charge in [-0.15, -0.1) is 0 Å². The van der Waals surface area contributed by atoms with Crippen LogP contribution in [0, 0.1) is 11.8 Å². The van der Waals surface area contributed by atoms with Crippen LogP contribution in [0.2, 0.25) is 37.8 Å². The molecule has 1 aliphatic heterocycles. The lowest BCUT2D eigenvalue weighted by Crippen LogP contribution is -2.66. The predicted molar refractivity (Wildman–Crippen MR) is 180 cm³/mol. The van der Waals surface area contributed by atoms with E-state index in [9.17, 15) is 14.4 Å². The van der Waals surface area contributed by atoms with Crippen LogP contribution in [0.25, 0.3) is 11.3 Å². The van der Waals surface area contributed by atoms with E-state index in [-0.39, 0.29) is 23.5 Å². The van der Waals surface area contributed by atoms with Crippen LogP contribution in [-0.4, -0.2) is 57.5 Å². The average molecular weight is 674 g/mol. The van der Waals surface area contributed by atoms with Gasteiger partial charge in [-0.05, 0) is 76.6 Å². The van der Waals surface area contributed by atoms with E-state index >= 15 is 0 Å². The molecule has 12 heteroatoms. The summed E-state index contributed by atoms with van der Waals surface area (Å²) < 4.78 is 38.4. The highest BCUT2D eigenvalue weighted by molar-refractivity contribution is 6.74. The summed E-state index contributed by atoms with van der Waals surface area (Å²) in [4.78, 5) is 42.5. The lowest BCUT2D eigenvalue weighted by atomic mass is 9.62. The molecule has 0 aromatic carbocycles. The van der Waals surface area contributed by atoms with E-state index in [0.29, 0.717) is 35.5 Å². The molecule has 0 spiro atoms. The van der Waals surface area contributed by atoms with Gasteiger partial charge in [0.2, 0.25) is 0 Å². The lowest BCUT2D eigenvalue weighted by molar-refractivity contribution is -0.201. The van der Waals surface area contributed by atoms with E-state index in [1.807, 2.05) is 13.0 Å². The molecule has 2 aromatic heterocycles. The van der Waals surface area contributed by atoms with Gasteiger partial charge < -0.3 is 27.5 Å². The third-order valence-corrected chi connectivity index (χ3v) is 15.3. The molecule has 0 N–H and O–H groups in total. The zero-order valence-corrected chi connectivity index (χ0v) is 31.4. The van der Waals surface area contributed by atoms with Gasteiger partial charge in [-0.1, -0.05) is 20.8 Å². The molecule has 1 aliphatic carbocycles. The van der Waals surface area contributed by atoms with Crippen molar-refractivity contribution in [3.05, 3.63) is 46.6 Å². The number of fused-ring (bicyclic) bond motifs is 2. The van der Waals surface area contributed by atoms with Gasteiger partial charge in [0, 0.05) is 49.7 Å². The summed E-state index contributed by atoms with van der Waals surface area (Å²) in [5, 5.41) is -0.113. The van der Waals surface area contributed by atoms with Crippen molar-refractivity contribution in [1.29, 1.82) is 0 Å². The van der Waals surface area contributed by atoms with Gasteiger partial charge in [-0.25, -0.2) is 4.79 Å². The molecule has 2 aromatic rings. The van der Waals surface area contributed by atoms with Crippen molar-refractivity contribution < 1.29 is 37.1 Å². The topological polar surface area (TPSA) is 123 Å². The van der Waals surface area contributed by atoms with Crippen LogP contribution in [0.15, 0.2) is 39.8 Å². The maximum absolute atomic E-state index is 13.9. The highest BCUT2D eigenvalue weighted by Crippen LogP contribution is 2.57. The Labute approximate surface area is 274 Å². The molecule has 1 saturated carbocycles. The summed E-state index contributed by atoms with van der Waals surface area (Å²) in [7, 11) is -4.68. The van der Waals surface area contributed by atoms with Crippen LogP contribution >= 0.6 is 0 Å². The Kier molecular flexibility index (Phi) is 9.92. The van der Waals surface area contributed by atoms with Crippen LogP contribution < -0.4 is 10.4 Å². The first-order valence-corrected chi connectivity index (χ1v) is 22.3. The van der Waals surface area contributed by atoms with Crippen LogP contribution in [-0.2, 0) is 27.9 Å². The molecule has 254 valence electrons. The summed E-state index contributed by atoms with van der Waals surface area (Å²) in [5.41, 5.74) is -1.64. The molecule has 0 amide bonds. The molecular formula is C34H51NO9Si2. The van der Waals surface area contributed by atoms with Crippen molar-refractivity contribution in [3.8, 4) is 17.1 Å². The molecule has 2 unspecified atom stereocenters. The molecule has 1 fully saturated rings. The number of carbonyl (C=O) groups excluding carboxylic acids is 2. The first-order chi connectivity index (χ1) is 21.1. The van der Waals surface area contributed by atoms with Crippen LogP contribution in [0.4, 0.5) is 0 Å². The predicted octanol–water partition coefficient (Wildman–Crippen LogP) is 7.05. The zero-order valence-electron chi connectivity index (χ0n) is 29.4. The summed E-state index contributed by atoms with van der Waals surface area (Å²) in [5.74, 6) is -0.895. The molecule has 4 rings (SSSR count). The second-order valence-corrected chi connectivity index (χ2v) is 24.9. The second-order valence-electron chi connectivity index (χ2n) is 15.7. The maximum atomic E-state index is 13.9. The van der Waals surface area contributed by atoms with Crippen molar-refractivity contribution in [2.45, 2.75) is 122 Å². The number of carbonyl (C=O) groups is 2. The summed E-state index contributed by atoms with van der Waals surface area (Å²) in [6.45, 7) is 23.6. The average Bonchev–Trinajstić information content (AvgIpc) is 2.90. The molecule has 0 radical (unpaired) electrons. The number of ether oxygens (including phenoxy) is 3. The van der Waals surface area contributed by atoms with E-state index in [4.69, 9.17) is 27.5 Å². The second kappa shape index (κ2) is 12.7. The van der Waals surface area contributed by atoms with Gasteiger partial charge in [-0.2, -0.15) is 0 Å². The fourth-order valence-electron chi connectivity index (χ4n) is 6.37. The number of nitrogens with zero attached hydrogens (tertiary/aromatic N) is 1. The Bertz CT molecular complexity index is 1500. The van der Waals surface area contributed by atoms with Gasteiger partial charge in [0.25, 0.3) is 0 Å². The molecule has 2 aliphatic rings. The third kappa shape index (κ3) is 7.50. The minimum absolute atomic E-state index is 0.113. The normalized spacial score (nSPS) is 26.2. The van der Waals surface area contributed by atoms with E-state index in [2.05, 4.69) is 58.5 Å². The first-order valence-electron chi connectivity index (χ1n) is 16.0. The van der Waals surface area contributed by atoms with E-state index < -0.39 is 57.6 Å². The van der Waals surface area contributed by atoms with Crippen molar-refractivity contribution in [3.63, 3.8) is 0 Å². The fraction of sp³-hybridized carbons (Fsp3) is 0.647. The smallest absolute Gasteiger partial charge is 0.345 e. The Morgan fingerprint density at radius 3 is 2.26 bits per heavy atom. The number of rotatable bonds is 9. The Hall–Kier alpha value is -2.81. The third-order valence-electron chi connectivity index (χ3n) is 9.81. The molecule has 6 atom stereocenters. The molecule has 0 bridgehead atoms. The first kappa shape index (κ1) is 36.0. The fourth-order valence-corrected chi connectivity index (χ4v) is 8.81. The maximum Gasteiger partial charge on any atom is 0.345 e. The standard InChI is InChI=1S/C34H51NO9Si2/c1-21(36)39-20-33(6,41-22(2)37)24-16-25-30(44-45(8,9)10)29-27(18-26(40-31(29)38)23-14-13-15-35-19-23)42-34(25,7)28(17-24)43-46(11,12)32(3,4)5/h13-15,18-19,24-25,28,30H,16-17,20H2,1-12H3/t24-,25-,28?,30?,33+,34-/m1/s1.